The zero-order valence-electron chi connectivity index (χ0n) is 23.5. The molecule has 35 heavy (non-hydrogen) atoms. The van der Waals surface area contributed by atoms with Gasteiger partial charge in [0, 0.05) is 11.8 Å². The van der Waals surface area contributed by atoms with Crippen molar-refractivity contribution in [1.82, 2.24) is 0 Å². The molecular formula is C32H50O3. The highest BCUT2D eigenvalue weighted by molar-refractivity contribution is 5.50. The molecule has 5 aliphatic rings. The molecule has 0 aromatic rings. The van der Waals surface area contributed by atoms with Crippen molar-refractivity contribution < 1.29 is 14.6 Å². The third-order valence-corrected chi connectivity index (χ3v) is 12.2. The second-order valence-corrected chi connectivity index (χ2v) is 14.0. The molecule has 2 saturated carbocycles. The van der Waals surface area contributed by atoms with Crippen LogP contribution in [0.1, 0.15) is 99.8 Å². The third-order valence-electron chi connectivity index (χ3n) is 12.2. The Bertz CT molecular complexity index is 934. The molecule has 4 aliphatic carbocycles. The summed E-state index contributed by atoms with van der Waals surface area (Å²) >= 11 is 0. The summed E-state index contributed by atoms with van der Waals surface area (Å²) in [6.45, 7) is 18.8. The van der Waals surface area contributed by atoms with Gasteiger partial charge in [-0.1, -0.05) is 65.3 Å². The van der Waals surface area contributed by atoms with Crippen LogP contribution in [0.4, 0.5) is 0 Å². The van der Waals surface area contributed by atoms with Crippen molar-refractivity contribution in [1.29, 1.82) is 0 Å². The number of hydrogen-bond donors (Lipinski definition) is 1. The molecule has 0 aromatic carbocycles. The second kappa shape index (κ2) is 8.57. The van der Waals surface area contributed by atoms with Crippen LogP contribution in [0.2, 0.25) is 0 Å². The molecule has 1 spiro atoms. The summed E-state index contributed by atoms with van der Waals surface area (Å²) < 4.78 is 12.7. The third kappa shape index (κ3) is 3.47. The van der Waals surface area contributed by atoms with Crippen molar-refractivity contribution in [2.75, 3.05) is 19.8 Å². The summed E-state index contributed by atoms with van der Waals surface area (Å²) in [4.78, 5) is 0. The molecule has 0 unspecified atom stereocenters. The maximum absolute atomic E-state index is 9.35. The van der Waals surface area contributed by atoms with E-state index in [1.54, 1.807) is 11.1 Å². The van der Waals surface area contributed by atoms with Gasteiger partial charge >= 0.3 is 0 Å². The number of fused-ring (bicyclic) bond motifs is 5. The van der Waals surface area contributed by atoms with E-state index in [0.29, 0.717) is 17.3 Å². The van der Waals surface area contributed by atoms with Gasteiger partial charge in [0.2, 0.25) is 0 Å². The average Bonchev–Trinajstić information content (AvgIpc) is 3.40. The lowest BCUT2D eigenvalue weighted by Gasteiger charge is -2.63. The number of aliphatic hydroxyl groups is 1. The van der Waals surface area contributed by atoms with Gasteiger partial charge in [-0.2, -0.15) is 0 Å². The zero-order valence-corrected chi connectivity index (χ0v) is 23.5. The fourth-order valence-electron chi connectivity index (χ4n) is 9.71. The summed E-state index contributed by atoms with van der Waals surface area (Å²) in [5.74, 6) is 1.61. The Morgan fingerprint density at radius 2 is 1.77 bits per heavy atom. The molecular weight excluding hydrogens is 432 g/mol. The molecule has 0 amide bonds. The highest BCUT2D eigenvalue weighted by Gasteiger charge is 2.66. The smallest absolute Gasteiger partial charge is 0.173 e. The maximum atomic E-state index is 9.35. The molecule has 0 aromatic heterocycles. The summed E-state index contributed by atoms with van der Waals surface area (Å²) in [5, 5.41) is 9.35. The summed E-state index contributed by atoms with van der Waals surface area (Å²) in [5.41, 5.74) is 5.25. The molecule has 6 atom stereocenters. The average molecular weight is 483 g/mol. The van der Waals surface area contributed by atoms with Gasteiger partial charge in [-0.15, -0.1) is 0 Å². The molecule has 0 bridgehead atoms. The summed E-state index contributed by atoms with van der Waals surface area (Å²) in [6.07, 6.45) is 17.1. The maximum Gasteiger partial charge on any atom is 0.173 e. The fraction of sp³-hybridized carbons (Fsp3) is 0.812. The first kappa shape index (κ1) is 25.7. The van der Waals surface area contributed by atoms with Gasteiger partial charge in [-0.05, 0) is 97.0 Å². The molecule has 5 rings (SSSR count). The fourth-order valence-corrected chi connectivity index (χ4v) is 9.71. The summed E-state index contributed by atoms with van der Waals surface area (Å²) in [6, 6.07) is 0. The second-order valence-electron chi connectivity index (χ2n) is 14.0. The minimum atomic E-state index is -0.396. The molecule has 0 radical (unpaired) electrons. The molecule has 196 valence electrons. The van der Waals surface area contributed by atoms with Gasteiger partial charge in [0.05, 0.1) is 19.8 Å². The zero-order chi connectivity index (χ0) is 25.3. The van der Waals surface area contributed by atoms with Crippen molar-refractivity contribution in [2.24, 2.45) is 39.4 Å². The van der Waals surface area contributed by atoms with E-state index in [0.717, 1.165) is 50.4 Å². The molecule has 3 heteroatoms. The van der Waals surface area contributed by atoms with Crippen LogP contribution in [-0.4, -0.2) is 30.7 Å². The van der Waals surface area contributed by atoms with E-state index in [-0.39, 0.29) is 22.9 Å². The molecule has 1 saturated heterocycles. The largest absolute Gasteiger partial charge is 0.392 e. The van der Waals surface area contributed by atoms with Crippen LogP contribution in [0.3, 0.4) is 0 Å². The van der Waals surface area contributed by atoms with E-state index < -0.39 is 5.79 Å². The van der Waals surface area contributed by atoms with E-state index in [1.165, 1.54) is 25.7 Å². The number of hydrogen-bond acceptors (Lipinski definition) is 3. The molecule has 3 fully saturated rings. The van der Waals surface area contributed by atoms with Crippen molar-refractivity contribution in [3.8, 4) is 0 Å². The number of ether oxygens (including phenoxy) is 2. The van der Waals surface area contributed by atoms with Crippen LogP contribution in [-0.2, 0) is 9.47 Å². The molecule has 1 aliphatic heterocycles. The van der Waals surface area contributed by atoms with E-state index >= 15 is 0 Å². The SMILES string of the molecule is C/C(=C\CC[C@@H](C)[C@H]1CC[C@@]2(C)C3=CC[C@H]4C(C)(C)C5(CC[C@]4(C)C3=CC[C@]12C)OCCO5)CO. The topological polar surface area (TPSA) is 38.7 Å². The van der Waals surface area contributed by atoms with Crippen LogP contribution in [0.15, 0.2) is 34.9 Å². The number of aliphatic hydroxyl groups excluding tert-OH is 1. The normalized spacial score (nSPS) is 42.7. The quantitative estimate of drug-likeness (QED) is 0.410. The van der Waals surface area contributed by atoms with E-state index in [9.17, 15) is 5.11 Å². The van der Waals surface area contributed by atoms with Crippen molar-refractivity contribution in [3.05, 3.63) is 34.9 Å². The highest BCUT2D eigenvalue weighted by atomic mass is 16.7. The van der Waals surface area contributed by atoms with Gasteiger partial charge < -0.3 is 14.6 Å². The predicted molar refractivity (Wildman–Crippen MR) is 143 cm³/mol. The lowest BCUT2D eigenvalue weighted by molar-refractivity contribution is -0.279. The van der Waals surface area contributed by atoms with Gasteiger partial charge in [-0.3, -0.25) is 0 Å². The van der Waals surface area contributed by atoms with Crippen molar-refractivity contribution in [3.63, 3.8) is 0 Å². The Labute approximate surface area is 214 Å². The standard InChI is InChI=1S/C32H50O3/c1-22(21-33)9-8-10-23(2)24-13-15-31(7)26-11-12-27-28(3,4)32(34-19-20-35-32)18-17-29(27,5)25(26)14-16-30(24,31)6/h9,11,14,23-24,27,33H,8,10,12-13,15-21H2,1-7H3/b22-9+/t23-,24-,27+,29-,30-,31+/m1/s1. The Kier molecular flexibility index (Phi) is 6.30. The van der Waals surface area contributed by atoms with Gasteiger partial charge in [-0.25, -0.2) is 0 Å². The van der Waals surface area contributed by atoms with Crippen LogP contribution >= 0.6 is 0 Å². The van der Waals surface area contributed by atoms with Gasteiger partial charge in [0.1, 0.15) is 0 Å². The first-order valence-corrected chi connectivity index (χ1v) is 14.4. The van der Waals surface area contributed by atoms with Crippen LogP contribution < -0.4 is 0 Å². The van der Waals surface area contributed by atoms with Gasteiger partial charge in [0.15, 0.2) is 5.79 Å². The van der Waals surface area contributed by atoms with E-state index in [1.807, 2.05) is 6.92 Å². The van der Waals surface area contributed by atoms with Crippen LogP contribution in [0.5, 0.6) is 0 Å². The minimum absolute atomic E-state index is 0.00598. The van der Waals surface area contributed by atoms with Gasteiger partial charge in [0.25, 0.3) is 0 Å². The Morgan fingerprint density at radius 3 is 2.46 bits per heavy atom. The lowest BCUT2D eigenvalue weighted by atomic mass is 9.43. The Morgan fingerprint density at radius 1 is 1.06 bits per heavy atom. The number of rotatable bonds is 5. The van der Waals surface area contributed by atoms with E-state index in [4.69, 9.17) is 9.47 Å². The predicted octanol–water partition coefficient (Wildman–Crippen LogP) is 7.61. The lowest BCUT2D eigenvalue weighted by Crippen LogP contribution is -2.60. The number of allylic oxidation sites excluding steroid dienone is 5. The highest BCUT2D eigenvalue weighted by Crippen LogP contribution is 2.72. The first-order valence-electron chi connectivity index (χ1n) is 14.4. The Balaban J connectivity index is 1.43. The minimum Gasteiger partial charge on any atom is -0.392 e. The summed E-state index contributed by atoms with van der Waals surface area (Å²) in [7, 11) is 0. The molecule has 1 heterocycles. The van der Waals surface area contributed by atoms with Crippen molar-refractivity contribution >= 4 is 0 Å². The molecule has 3 nitrogen and oxygen atoms in total. The van der Waals surface area contributed by atoms with Crippen LogP contribution in [0, 0.1) is 39.4 Å². The van der Waals surface area contributed by atoms with Crippen LogP contribution in [0.25, 0.3) is 0 Å². The Hall–Kier alpha value is -0.900. The van der Waals surface area contributed by atoms with E-state index in [2.05, 4.69) is 59.8 Å². The monoisotopic (exact) mass is 482 g/mol. The van der Waals surface area contributed by atoms with Crippen molar-refractivity contribution in [2.45, 2.75) is 106 Å². The molecule has 1 N–H and O–H groups in total. The first-order chi connectivity index (χ1) is 16.5.